The lowest BCUT2D eigenvalue weighted by molar-refractivity contribution is 1.30. The molecule has 9 aromatic carbocycles. The van der Waals surface area contributed by atoms with E-state index < -0.39 is 0 Å². The van der Waals surface area contributed by atoms with Gasteiger partial charge in [-0.1, -0.05) is 164 Å². The molecule has 0 atom stereocenters. The minimum absolute atomic E-state index is 1.13. The van der Waals surface area contributed by atoms with Gasteiger partial charge in [-0.05, 0) is 113 Å². The summed E-state index contributed by atoms with van der Waals surface area (Å²) in [7, 11) is 0. The lowest BCUT2D eigenvalue weighted by atomic mass is 9.96. The van der Waals surface area contributed by atoms with Crippen LogP contribution in [0.5, 0.6) is 0 Å². The quantitative estimate of drug-likeness (QED) is 0.123. The Bertz CT molecular complexity index is 3340. The summed E-state index contributed by atoms with van der Waals surface area (Å²) in [6.07, 6.45) is 7.27. The normalized spacial score (nSPS) is 11.1. The summed E-state index contributed by atoms with van der Waals surface area (Å²) in [6, 6.07) is 73.4. The average Bonchev–Trinajstić information content (AvgIpc) is 3.91. The number of hydrogen-bond donors (Lipinski definition) is 1. The highest BCUT2D eigenvalue weighted by molar-refractivity contribution is 7.79. The van der Waals surface area contributed by atoms with E-state index in [2.05, 4.69) is 224 Å². The molecule has 0 aliphatic carbocycles. The van der Waals surface area contributed by atoms with E-state index in [1.165, 1.54) is 84.5 Å². The van der Waals surface area contributed by atoms with Crippen LogP contribution in [0.2, 0.25) is 0 Å². The molecule has 0 unspecified atom stereocenters. The van der Waals surface area contributed by atoms with Crippen molar-refractivity contribution >= 4 is 103 Å². The Morgan fingerprint density at radius 3 is 1.63 bits per heavy atom. The van der Waals surface area contributed by atoms with Gasteiger partial charge >= 0.3 is 0 Å². The van der Waals surface area contributed by atoms with E-state index in [4.69, 9.17) is 0 Å². The van der Waals surface area contributed by atoms with E-state index in [0.29, 0.717) is 0 Å². The van der Waals surface area contributed by atoms with Gasteiger partial charge in [0.05, 0.1) is 5.69 Å². The molecule has 4 heteroatoms. The van der Waals surface area contributed by atoms with Crippen LogP contribution in [0.3, 0.4) is 0 Å². The number of benzene rings is 9. The largest absolute Gasteiger partial charge is 0.310 e. The zero-order chi connectivity index (χ0) is 42.4. The van der Waals surface area contributed by atoms with Crippen molar-refractivity contribution in [3.8, 4) is 33.4 Å². The highest BCUT2D eigenvalue weighted by atomic mass is 32.1. The number of para-hydroxylation sites is 1. The molecule has 300 valence electrons. The second-order valence-electron chi connectivity index (χ2n) is 14.9. The van der Waals surface area contributed by atoms with Crippen LogP contribution in [0, 0.1) is 0 Å². The predicted octanol–water partition coefficient (Wildman–Crippen LogP) is 18.3. The highest BCUT2D eigenvalue weighted by Gasteiger charge is 2.19. The van der Waals surface area contributed by atoms with E-state index >= 15 is 0 Å². The SMILES string of the molecule is C=C/C=C\C.CS.c1ccc(-c2ccc(N(c3ccccc3)c3ccc4sc5cc(-c6ccc(-c7ccc8sc9ccccc9c8c7)cc6)ccc5c4c3)c3ccccc23)cc1. The summed E-state index contributed by atoms with van der Waals surface area (Å²) in [4.78, 5) is 2.41. The molecule has 11 aromatic rings. The van der Waals surface area contributed by atoms with Crippen LogP contribution in [0.1, 0.15) is 6.92 Å². The molecule has 0 saturated heterocycles. The molecule has 0 bridgehead atoms. The molecule has 0 radical (unpaired) electrons. The van der Waals surface area contributed by atoms with Crippen LogP contribution in [-0.4, -0.2) is 6.26 Å². The predicted molar refractivity (Wildman–Crippen MR) is 281 cm³/mol. The standard InChI is InChI=1S/C52H33NS2.C5H8.CH4S/c1-3-11-36(12-4-1)41-27-28-48(43-16-8-7-15-42(41)43)53(39-13-5-2-6-14-39)40-25-30-51-47(33-40)45-26-23-38(32-52(45)55-51)35-21-19-34(20-22-35)37-24-29-50-46(31-37)44-17-9-10-18-49(44)54-50;1-3-5-4-2;1-2/h1-33H;3-5H,1H2,2H3;2H,1H3/b;5-4-;. The van der Waals surface area contributed by atoms with Crippen molar-refractivity contribution in [2.45, 2.75) is 6.92 Å². The summed E-state index contributed by atoms with van der Waals surface area (Å²) in [6.45, 7) is 5.42. The van der Waals surface area contributed by atoms with Crippen molar-refractivity contribution in [2.24, 2.45) is 0 Å². The first-order valence-corrected chi connectivity index (χ1v) is 23.3. The van der Waals surface area contributed by atoms with Crippen molar-refractivity contribution in [3.05, 3.63) is 225 Å². The van der Waals surface area contributed by atoms with Gasteiger partial charge in [-0.15, -0.1) is 22.7 Å². The molecule has 1 nitrogen and oxygen atoms in total. The molecule has 62 heavy (non-hydrogen) atoms. The third-order valence-electron chi connectivity index (χ3n) is 11.2. The number of allylic oxidation sites excluding steroid dienone is 3. The monoisotopic (exact) mass is 851 g/mol. The molecule has 0 aliphatic heterocycles. The van der Waals surface area contributed by atoms with Crippen molar-refractivity contribution in [3.63, 3.8) is 0 Å². The third kappa shape index (κ3) is 7.97. The molecule has 11 rings (SSSR count). The molecule has 0 aliphatic rings. The van der Waals surface area contributed by atoms with E-state index in [1.54, 1.807) is 12.3 Å². The van der Waals surface area contributed by atoms with Crippen molar-refractivity contribution in [2.75, 3.05) is 11.2 Å². The van der Waals surface area contributed by atoms with Gasteiger partial charge in [0.2, 0.25) is 0 Å². The van der Waals surface area contributed by atoms with Crippen LogP contribution in [-0.2, 0) is 0 Å². The maximum absolute atomic E-state index is 3.53. The van der Waals surface area contributed by atoms with E-state index in [9.17, 15) is 0 Å². The van der Waals surface area contributed by atoms with Crippen LogP contribution < -0.4 is 4.90 Å². The van der Waals surface area contributed by atoms with Crippen molar-refractivity contribution in [1.29, 1.82) is 0 Å². The van der Waals surface area contributed by atoms with Gasteiger partial charge in [0.25, 0.3) is 0 Å². The number of anilines is 3. The van der Waals surface area contributed by atoms with Gasteiger partial charge in [0.1, 0.15) is 0 Å². The first kappa shape index (κ1) is 40.7. The van der Waals surface area contributed by atoms with E-state index in [1.807, 2.05) is 41.7 Å². The van der Waals surface area contributed by atoms with Crippen molar-refractivity contribution in [1.82, 2.24) is 0 Å². The van der Waals surface area contributed by atoms with Gasteiger partial charge in [-0.25, -0.2) is 0 Å². The second-order valence-corrected chi connectivity index (χ2v) is 17.0. The summed E-state index contributed by atoms with van der Waals surface area (Å²) in [5.41, 5.74) is 10.9. The highest BCUT2D eigenvalue weighted by Crippen LogP contribution is 2.45. The van der Waals surface area contributed by atoms with Crippen LogP contribution in [0.15, 0.2) is 225 Å². The Morgan fingerprint density at radius 1 is 0.403 bits per heavy atom. The lowest BCUT2D eigenvalue weighted by Gasteiger charge is -2.27. The van der Waals surface area contributed by atoms with Gasteiger partial charge in [0.15, 0.2) is 0 Å². The maximum atomic E-state index is 3.53. The fourth-order valence-electron chi connectivity index (χ4n) is 8.33. The number of nitrogens with zero attached hydrogens (tertiary/aromatic N) is 1. The Balaban J connectivity index is 0.000000656. The molecule has 2 aromatic heterocycles. The van der Waals surface area contributed by atoms with Crippen LogP contribution in [0.25, 0.3) is 84.5 Å². The first-order valence-electron chi connectivity index (χ1n) is 20.8. The van der Waals surface area contributed by atoms with Crippen molar-refractivity contribution < 1.29 is 0 Å². The third-order valence-corrected chi connectivity index (χ3v) is 13.5. The Morgan fingerprint density at radius 2 is 0.935 bits per heavy atom. The summed E-state index contributed by atoms with van der Waals surface area (Å²) >= 11 is 7.26. The van der Waals surface area contributed by atoms with Crippen LogP contribution in [0.4, 0.5) is 17.1 Å². The number of thiol groups is 1. The fourth-order valence-corrected chi connectivity index (χ4v) is 10.5. The van der Waals surface area contributed by atoms with Gasteiger partial charge in [0, 0.05) is 57.1 Å². The Labute approximate surface area is 377 Å². The number of rotatable bonds is 7. The Hall–Kier alpha value is -6.69. The first-order chi connectivity index (χ1) is 30.7. The molecule has 0 N–H and O–H groups in total. The second kappa shape index (κ2) is 18.5. The fraction of sp³-hybridized carbons (Fsp3) is 0.0345. The number of thiophene rings is 2. The smallest absolute Gasteiger partial charge is 0.0540 e. The number of hydrogen-bond acceptors (Lipinski definition) is 4. The van der Waals surface area contributed by atoms with Gasteiger partial charge in [-0.3, -0.25) is 0 Å². The van der Waals surface area contributed by atoms with E-state index in [0.717, 1.165) is 17.1 Å². The molecule has 0 spiro atoms. The number of fused-ring (bicyclic) bond motifs is 7. The minimum atomic E-state index is 1.13. The molecular formula is C58H45NS3. The molecule has 0 amide bonds. The minimum Gasteiger partial charge on any atom is -0.310 e. The topological polar surface area (TPSA) is 3.24 Å². The average molecular weight is 852 g/mol. The van der Waals surface area contributed by atoms with Gasteiger partial charge in [-0.2, -0.15) is 12.6 Å². The molecule has 2 heterocycles. The Kier molecular flexibility index (Phi) is 12.2. The lowest BCUT2D eigenvalue weighted by Crippen LogP contribution is -2.10. The van der Waals surface area contributed by atoms with Gasteiger partial charge < -0.3 is 4.90 Å². The zero-order valence-electron chi connectivity index (χ0n) is 34.7. The molecule has 0 saturated carbocycles. The summed E-state index contributed by atoms with van der Waals surface area (Å²) in [5, 5.41) is 7.70. The summed E-state index contributed by atoms with van der Waals surface area (Å²) < 4.78 is 5.27. The summed E-state index contributed by atoms with van der Waals surface area (Å²) in [5.74, 6) is 0. The molecule has 0 fully saturated rings. The molecular weight excluding hydrogens is 807 g/mol. The maximum Gasteiger partial charge on any atom is 0.0540 e. The zero-order valence-corrected chi connectivity index (χ0v) is 37.2. The van der Waals surface area contributed by atoms with E-state index in [-0.39, 0.29) is 0 Å². The van der Waals surface area contributed by atoms with Crippen LogP contribution >= 0.6 is 35.3 Å².